The van der Waals surface area contributed by atoms with Crippen LogP contribution in [-0.4, -0.2) is 24.5 Å². The van der Waals surface area contributed by atoms with Crippen LogP contribution in [0.15, 0.2) is 0 Å². The molecule has 0 amide bonds. The quantitative estimate of drug-likeness (QED) is 0.109. The normalized spacial score (nSPS) is 13.6. The molecule has 0 aliphatic carbocycles. The summed E-state index contributed by atoms with van der Waals surface area (Å²) in [5, 5.41) is 0. The van der Waals surface area contributed by atoms with E-state index >= 15 is 0 Å². The first-order valence-corrected chi connectivity index (χ1v) is 15.7. The number of unbranched alkanes of at least 4 members (excludes halogenated alkanes) is 13. The number of hydrogen-bond acceptors (Lipinski definition) is 1. The molecule has 0 fully saturated rings. The topological polar surface area (TPSA) is 3.24 Å². The summed E-state index contributed by atoms with van der Waals surface area (Å²) >= 11 is 0. The van der Waals surface area contributed by atoms with Crippen molar-refractivity contribution < 1.29 is 0 Å². The average molecular weight is 465 g/mol. The molecule has 0 N–H and O–H groups in total. The van der Waals surface area contributed by atoms with E-state index in [0.29, 0.717) is 0 Å². The van der Waals surface area contributed by atoms with Gasteiger partial charge in [-0.2, -0.15) is 0 Å². The van der Waals surface area contributed by atoms with Crippen molar-refractivity contribution in [2.24, 2.45) is 11.8 Å². The first-order chi connectivity index (χ1) is 16.2. The fraction of sp³-hybridized carbons (Fsp3) is 0.969. The predicted molar refractivity (Wildman–Crippen MR) is 153 cm³/mol. The van der Waals surface area contributed by atoms with Crippen molar-refractivity contribution in [2.75, 3.05) is 19.6 Å². The predicted octanol–water partition coefficient (Wildman–Crippen LogP) is 11.0. The van der Waals surface area contributed by atoms with E-state index in [4.69, 9.17) is 0 Å². The molecule has 2 atom stereocenters. The third-order valence-corrected chi connectivity index (χ3v) is 7.83. The average Bonchev–Trinajstić information content (AvgIpc) is 2.83. The lowest BCUT2D eigenvalue weighted by atomic mass is 9.80. The van der Waals surface area contributed by atoms with Gasteiger partial charge in [0.25, 0.3) is 0 Å². The van der Waals surface area contributed by atoms with Gasteiger partial charge < -0.3 is 4.90 Å². The van der Waals surface area contributed by atoms with Gasteiger partial charge in [0.05, 0.1) is 0 Å². The second-order valence-corrected chi connectivity index (χ2v) is 11.0. The summed E-state index contributed by atoms with van der Waals surface area (Å²) in [6, 6.07) is 0. The lowest BCUT2D eigenvalue weighted by molar-refractivity contribution is 0.258. The van der Waals surface area contributed by atoms with Crippen LogP contribution < -0.4 is 0 Å². The molecule has 0 aromatic rings. The smallest absolute Gasteiger partial charge is 0.00187 e. The SMILES string of the molecule is [CH2]CC(CCC)C(CCCCCC)CCCCCCCCCCCN(CCCC)CCCC. The molecule has 0 heterocycles. The second kappa shape index (κ2) is 26.6. The molecule has 0 aromatic heterocycles. The Kier molecular flexibility index (Phi) is 26.5. The summed E-state index contributed by atoms with van der Waals surface area (Å²) in [5.74, 6) is 1.84. The zero-order valence-electron chi connectivity index (χ0n) is 24.0. The van der Waals surface area contributed by atoms with Crippen molar-refractivity contribution in [1.29, 1.82) is 0 Å². The fourth-order valence-corrected chi connectivity index (χ4v) is 5.51. The molecule has 0 aromatic carbocycles. The van der Waals surface area contributed by atoms with Gasteiger partial charge in [0.2, 0.25) is 0 Å². The van der Waals surface area contributed by atoms with Gasteiger partial charge >= 0.3 is 0 Å². The lowest BCUT2D eigenvalue weighted by Crippen LogP contribution is -2.27. The van der Waals surface area contributed by atoms with Crippen LogP contribution in [0, 0.1) is 18.8 Å². The van der Waals surface area contributed by atoms with Crippen LogP contribution in [-0.2, 0) is 0 Å². The minimum atomic E-state index is 0.886. The molecule has 0 saturated carbocycles. The van der Waals surface area contributed by atoms with Crippen molar-refractivity contribution >= 4 is 0 Å². The van der Waals surface area contributed by atoms with E-state index in [1.807, 2.05) is 0 Å². The highest BCUT2D eigenvalue weighted by Crippen LogP contribution is 2.31. The van der Waals surface area contributed by atoms with Gasteiger partial charge in [-0.15, -0.1) is 0 Å². The number of hydrogen-bond donors (Lipinski definition) is 0. The Morgan fingerprint density at radius 2 is 0.848 bits per heavy atom. The Balaban J connectivity index is 3.80. The molecule has 33 heavy (non-hydrogen) atoms. The van der Waals surface area contributed by atoms with Crippen LogP contribution in [0.25, 0.3) is 0 Å². The summed E-state index contributed by atoms with van der Waals surface area (Å²) in [6.45, 7) is 17.6. The van der Waals surface area contributed by atoms with E-state index in [-0.39, 0.29) is 0 Å². The van der Waals surface area contributed by atoms with Gasteiger partial charge in [-0.3, -0.25) is 0 Å². The summed E-state index contributed by atoms with van der Waals surface area (Å²) in [7, 11) is 0. The molecule has 0 bridgehead atoms. The standard InChI is InChI=1S/C32H66N/c1-6-11-14-22-26-32(31(10-5)25-9-4)27-23-20-18-16-15-17-19-21-24-30-33(28-12-7-2)29-13-8-3/h31-32H,5-30H2,1-4H3. The molecule has 0 aliphatic heterocycles. The second-order valence-electron chi connectivity index (χ2n) is 11.0. The van der Waals surface area contributed by atoms with Crippen LogP contribution in [0.1, 0.15) is 169 Å². The molecule has 0 rings (SSSR count). The maximum Gasteiger partial charge on any atom is -0.00187 e. The minimum Gasteiger partial charge on any atom is -0.303 e. The molecule has 0 saturated heterocycles. The zero-order chi connectivity index (χ0) is 24.4. The van der Waals surface area contributed by atoms with Crippen LogP contribution >= 0.6 is 0 Å². The largest absolute Gasteiger partial charge is 0.303 e. The van der Waals surface area contributed by atoms with Crippen LogP contribution in [0.4, 0.5) is 0 Å². The maximum absolute atomic E-state index is 4.30. The Hall–Kier alpha value is -0.0400. The van der Waals surface area contributed by atoms with Gasteiger partial charge in [-0.1, -0.05) is 157 Å². The van der Waals surface area contributed by atoms with E-state index in [9.17, 15) is 0 Å². The minimum absolute atomic E-state index is 0.886. The van der Waals surface area contributed by atoms with Crippen LogP contribution in [0.2, 0.25) is 0 Å². The van der Waals surface area contributed by atoms with E-state index in [2.05, 4.69) is 39.5 Å². The van der Waals surface area contributed by atoms with Crippen molar-refractivity contribution in [3.63, 3.8) is 0 Å². The van der Waals surface area contributed by atoms with Gasteiger partial charge in [-0.25, -0.2) is 0 Å². The summed E-state index contributed by atoms with van der Waals surface area (Å²) in [4.78, 5) is 2.73. The lowest BCUT2D eigenvalue weighted by Gasteiger charge is -2.26. The Bertz CT molecular complexity index is 344. The van der Waals surface area contributed by atoms with Crippen molar-refractivity contribution in [3.8, 4) is 0 Å². The summed E-state index contributed by atoms with van der Waals surface area (Å²) in [6.07, 6.45) is 31.0. The van der Waals surface area contributed by atoms with Gasteiger partial charge in [-0.05, 0) is 50.7 Å². The Labute approximate surface area is 212 Å². The van der Waals surface area contributed by atoms with Crippen LogP contribution in [0.5, 0.6) is 0 Å². The molecule has 199 valence electrons. The van der Waals surface area contributed by atoms with Crippen molar-refractivity contribution in [3.05, 3.63) is 6.92 Å². The summed E-state index contributed by atoms with van der Waals surface area (Å²) in [5.41, 5.74) is 0. The van der Waals surface area contributed by atoms with E-state index in [0.717, 1.165) is 18.3 Å². The molecule has 1 heteroatoms. The molecule has 0 spiro atoms. The number of rotatable bonds is 27. The monoisotopic (exact) mass is 465 g/mol. The molecular weight excluding hydrogens is 398 g/mol. The summed E-state index contributed by atoms with van der Waals surface area (Å²) < 4.78 is 0. The molecule has 0 aliphatic rings. The molecule has 1 nitrogen and oxygen atoms in total. The van der Waals surface area contributed by atoms with Crippen molar-refractivity contribution in [1.82, 2.24) is 4.90 Å². The Morgan fingerprint density at radius 3 is 1.30 bits per heavy atom. The maximum atomic E-state index is 4.30. The fourth-order valence-electron chi connectivity index (χ4n) is 5.51. The highest BCUT2D eigenvalue weighted by Gasteiger charge is 2.18. The zero-order valence-corrected chi connectivity index (χ0v) is 24.0. The van der Waals surface area contributed by atoms with Gasteiger partial charge in [0.15, 0.2) is 0 Å². The van der Waals surface area contributed by atoms with E-state index in [1.165, 1.54) is 154 Å². The first kappa shape index (κ1) is 33.0. The highest BCUT2D eigenvalue weighted by molar-refractivity contribution is 4.72. The third kappa shape index (κ3) is 21.0. The molecule has 2 unspecified atom stereocenters. The van der Waals surface area contributed by atoms with E-state index < -0.39 is 0 Å². The van der Waals surface area contributed by atoms with Crippen LogP contribution in [0.3, 0.4) is 0 Å². The van der Waals surface area contributed by atoms with Gasteiger partial charge in [0.1, 0.15) is 0 Å². The number of nitrogens with zero attached hydrogens (tertiary/aromatic N) is 1. The van der Waals surface area contributed by atoms with Gasteiger partial charge in [0, 0.05) is 0 Å². The van der Waals surface area contributed by atoms with Crippen molar-refractivity contribution in [2.45, 2.75) is 169 Å². The third-order valence-electron chi connectivity index (χ3n) is 7.83. The van der Waals surface area contributed by atoms with E-state index in [1.54, 1.807) is 0 Å². The Morgan fingerprint density at radius 1 is 0.424 bits per heavy atom. The molecular formula is C32H66N. The highest BCUT2D eigenvalue weighted by atomic mass is 15.1. The first-order valence-electron chi connectivity index (χ1n) is 15.7. The molecule has 1 radical (unpaired) electrons.